The number of rotatable bonds is 4. The van der Waals surface area contributed by atoms with Gasteiger partial charge >= 0.3 is 12.0 Å². The van der Waals surface area contributed by atoms with Crippen LogP contribution in [-0.2, 0) is 11.3 Å². The number of nitrogens with zero attached hydrogens (tertiary/aromatic N) is 4. The van der Waals surface area contributed by atoms with Crippen LogP contribution in [0.1, 0.15) is 12.2 Å². The lowest BCUT2D eigenvalue weighted by atomic mass is 10.2. The summed E-state index contributed by atoms with van der Waals surface area (Å²) < 4.78 is 0. The maximum absolute atomic E-state index is 12.4. The zero-order valence-electron chi connectivity index (χ0n) is 11.2. The predicted octanol–water partition coefficient (Wildman–Crippen LogP) is 0.249. The number of urea groups is 1. The van der Waals surface area contributed by atoms with Gasteiger partial charge < -0.3 is 14.9 Å². The van der Waals surface area contributed by atoms with Crippen molar-refractivity contribution in [3.8, 4) is 0 Å². The minimum Gasteiger partial charge on any atom is -0.481 e. The van der Waals surface area contributed by atoms with Gasteiger partial charge in [-0.2, -0.15) is 16.9 Å². The van der Waals surface area contributed by atoms with Crippen LogP contribution in [0.15, 0.2) is 6.33 Å². The van der Waals surface area contributed by atoms with Crippen molar-refractivity contribution in [3.63, 3.8) is 0 Å². The minimum absolute atomic E-state index is 0.0190. The molecule has 1 aliphatic rings. The smallest absolute Gasteiger partial charge is 0.320 e. The summed E-state index contributed by atoms with van der Waals surface area (Å²) in [6.45, 7) is 0.893. The van der Waals surface area contributed by atoms with Crippen LogP contribution in [0.5, 0.6) is 0 Å². The van der Waals surface area contributed by atoms with Gasteiger partial charge in [0.25, 0.3) is 0 Å². The fraction of sp³-hybridized carbons (Fsp3) is 0.636. The van der Waals surface area contributed by atoms with Crippen molar-refractivity contribution < 1.29 is 14.7 Å². The van der Waals surface area contributed by atoms with Crippen molar-refractivity contribution in [2.45, 2.75) is 19.0 Å². The Balaban J connectivity index is 1.99. The molecule has 1 aliphatic heterocycles. The van der Waals surface area contributed by atoms with Gasteiger partial charge in [0.05, 0.1) is 19.0 Å². The molecule has 8 nitrogen and oxygen atoms in total. The summed E-state index contributed by atoms with van der Waals surface area (Å²) in [5.74, 6) is 1.21. The molecule has 1 unspecified atom stereocenters. The first kappa shape index (κ1) is 14.6. The summed E-state index contributed by atoms with van der Waals surface area (Å²) in [5.41, 5.74) is 0. The maximum atomic E-state index is 12.4. The van der Waals surface area contributed by atoms with E-state index in [0.717, 1.165) is 5.75 Å². The Labute approximate surface area is 120 Å². The molecular formula is C11H17N5O3S. The van der Waals surface area contributed by atoms with Gasteiger partial charge in [-0.25, -0.2) is 9.78 Å². The summed E-state index contributed by atoms with van der Waals surface area (Å²) in [6.07, 6.45) is 1.37. The zero-order chi connectivity index (χ0) is 14.5. The Morgan fingerprint density at radius 2 is 2.45 bits per heavy atom. The number of thioether (sulfide) groups is 1. The number of carbonyl (C=O) groups is 2. The number of nitrogens with one attached hydrogen (secondary N) is 1. The first-order chi connectivity index (χ1) is 9.58. The van der Waals surface area contributed by atoms with Crippen LogP contribution in [0, 0.1) is 0 Å². The molecule has 0 spiro atoms. The van der Waals surface area contributed by atoms with E-state index < -0.39 is 5.97 Å². The number of amides is 2. The van der Waals surface area contributed by atoms with E-state index in [1.165, 1.54) is 11.2 Å². The second-order valence-electron chi connectivity index (χ2n) is 4.59. The lowest BCUT2D eigenvalue weighted by Gasteiger charge is -2.36. The lowest BCUT2D eigenvalue weighted by Crippen LogP contribution is -2.51. The van der Waals surface area contributed by atoms with Gasteiger partial charge in [-0.1, -0.05) is 0 Å². The fourth-order valence-electron chi connectivity index (χ4n) is 2.10. The Kier molecular flexibility index (Phi) is 4.83. The van der Waals surface area contributed by atoms with Gasteiger partial charge in [-0.05, 0) is 0 Å². The summed E-state index contributed by atoms with van der Waals surface area (Å²) >= 11 is 1.68. The molecule has 2 heterocycles. The second-order valence-corrected chi connectivity index (χ2v) is 5.74. The van der Waals surface area contributed by atoms with Crippen LogP contribution < -0.4 is 0 Å². The fourth-order valence-corrected chi connectivity index (χ4v) is 3.16. The number of hydrogen-bond acceptors (Lipinski definition) is 5. The van der Waals surface area contributed by atoms with Crippen molar-refractivity contribution in [1.82, 2.24) is 25.0 Å². The average molecular weight is 299 g/mol. The molecule has 0 bridgehead atoms. The highest BCUT2D eigenvalue weighted by atomic mass is 32.2. The maximum Gasteiger partial charge on any atom is 0.320 e. The predicted molar refractivity (Wildman–Crippen MR) is 73.3 cm³/mol. The monoisotopic (exact) mass is 299 g/mol. The molecule has 2 N–H and O–H groups in total. The van der Waals surface area contributed by atoms with Gasteiger partial charge in [0.1, 0.15) is 12.2 Å². The quantitative estimate of drug-likeness (QED) is 0.826. The topological polar surface area (TPSA) is 102 Å². The van der Waals surface area contributed by atoms with Crippen LogP contribution in [0.4, 0.5) is 4.79 Å². The normalized spacial score (nSPS) is 18.9. The summed E-state index contributed by atoms with van der Waals surface area (Å²) in [7, 11) is 1.67. The highest BCUT2D eigenvalue weighted by Gasteiger charge is 2.30. The molecule has 0 saturated carbocycles. The number of aromatic amines is 1. The number of aliphatic carboxylic acids is 1. The SMILES string of the molecule is CN(Cc1ncn[nH]1)C(=O)N1CCSCC1CC(=O)O. The molecule has 0 aromatic carbocycles. The average Bonchev–Trinajstić information content (AvgIpc) is 2.90. The molecule has 0 radical (unpaired) electrons. The Bertz CT molecular complexity index is 467. The number of H-pyrrole nitrogens is 1. The molecule has 1 aromatic rings. The van der Waals surface area contributed by atoms with Crippen molar-refractivity contribution in [1.29, 1.82) is 0 Å². The molecular weight excluding hydrogens is 282 g/mol. The highest BCUT2D eigenvalue weighted by Crippen LogP contribution is 2.20. The van der Waals surface area contributed by atoms with Crippen LogP contribution in [0.2, 0.25) is 0 Å². The van der Waals surface area contributed by atoms with Crippen molar-refractivity contribution >= 4 is 23.8 Å². The van der Waals surface area contributed by atoms with E-state index in [0.29, 0.717) is 24.7 Å². The van der Waals surface area contributed by atoms with Gasteiger partial charge in [-0.3, -0.25) is 9.89 Å². The number of carboxylic acid groups (broad SMARTS) is 1. The number of carboxylic acids is 1. The molecule has 1 aromatic heterocycles. The minimum atomic E-state index is -0.881. The van der Waals surface area contributed by atoms with E-state index in [-0.39, 0.29) is 18.5 Å². The zero-order valence-corrected chi connectivity index (χ0v) is 12.0. The second kappa shape index (κ2) is 6.60. The molecule has 1 fully saturated rings. The van der Waals surface area contributed by atoms with E-state index in [9.17, 15) is 9.59 Å². The van der Waals surface area contributed by atoms with Crippen LogP contribution in [0.25, 0.3) is 0 Å². The molecule has 9 heteroatoms. The molecule has 0 aliphatic carbocycles. The molecule has 2 rings (SSSR count). The van der Waals surface area contributed by atoms with E-state index in [2.05, 4.69) is 15.2 Å². The summed E-state index contributed by atoms with van der Waals surface area (Å²) in [5, 5.41) is 15.4. The Morgan fingerprint density at radius 3 is 3.10 bits per heavy atom. The molecule has 1 atom stereocenters. The number of aromatic nitrogens is 3. The first-order valence-corrected chi connectivity index (χ1v) is 7.39. The Hall–Kier alpha value is -1.77. The molecule has 1 saturated heterocycles. The van der Waals surface area contributed by atoms with Crippen molar-refractivity contribution in [3.05, 3.63) is 12.2 Å². The largest absolute Gasteiger partial charge is 0.481 e. The third kappa shape index (κ3) is 3.62. The van der Waals surface area contributed by atoms with Gasteiger partial charge in [0.15, 0.2) is 0 Å². The third-order valence-corrected chi connectivity index (χ3v) is 4.15. The van der Waals surface area contributed by atoms with Crippen LogP contribution in [0.3, 0.4) is 0 Å². The summed E-state index contributed by atoms with van der Waals surface area (Å²) in [6, 6.07) is -0.427. The first-order valence-electron chi connectivity index (χ1n) is 6.23. The van der Waals surface area contributed by atoms with E-state index >= 15 is 0 Å². The summed E-state index contributed by atoms with van der Waals surface area (Å²) in [4.78, 5) is 30.4. The van der Waals surface area contributed by atoms with E-state index in [1.807, 2.05) is 0 Å². The standard InChI is InChI=1S/C11H17N5O3S/c1-15(5-9-12-7-13-14-9)11(19)16-2-3-20-6-8(16)4-10(17)18/h7-8H,2-6H2,1H3,(H,17,18)(H,12,13,14). The highest BCUT2D eigenvalue weighted by molar-refractivity contribution is 7.99. The number of carbonyl (C=O) groups excluding carboxylic acids is 1. The molecule has 110 valence electrons. The van der Waals surface area contributed by atoms with Gasteiger partial charge in [-0.15, -0.1) is 0 Å². The third-order valence-electron chi connectivity index (χ3n) is 3.06. The van der Waals surface area contributed by atoms with Crippen LogP contribution >= 0.6 is 11.8 Å². The van der Waals surface area contributed by atoms with E-state index in [1.54, 1.807) is 23.7 Å². The van der Waals surface area contributed by atoms with Gasteiger partial charge in [0.2, 0.25) is 0 Å². The lowest BCUT2D eigenvalue weighted by molar-refractivity contribution is -0.138. The molecule has 2 amide bonds. The number of hydrogen-bond donors (Lipinski definition) is 2. The van der Waals surface area contributed by atoms with Crippen LogP contribution in [-0.4, -0.2) is 73.2 Å². The van der Waals surface area contributed by atoms with E-state index in [4.69, 9.17) is 5.11 Å². The molecule has 20 heavy (non-hydrogen) atoms. The van der Waals surface area contributed by atoms with Crippen molar-refractivity contribution in [2.24, 2.45) is 0 Å². The van der Waals surface area contributed by atoms with Crippen molar-refractivity contribution in [2.75, 3.05) is 25.1 Å². The van der Waals surface area contributed by atoms with Gasteiger partial charge in [0, 0.05) is 25.1 Å². The Morgan fingerprint density at radius 1 is 1.65 bits per heavy atom.